The second-order valence-electron chi connectivity index (χ2n) is 4.44. The molecule has 0 fully saturated rings. The Bertz CT molecular complexity index is 604. The van der Waals surface area contributed by atoms with Crippen LogP contribution in [0.15, 0.2) is 22.7 Å². The molecule has 0 heterocycles. The Labute approximate surface area is 133 Å². The molecule has 1 amide bonds. The van der Waals surface area contributed by atoms with Crippen LogP contribution in [-0.4, -0.2) is 40.5 Å². The molecule has 0 saturated heterocycles. The second-order valence-corrected chi connectivity index (χ2v) is 7.20. The van der Waals surface area contributed by atoms with Crippen molar-refractivity contribution >= 4 is 37.7 Å². The predicted molar refractivity (Wildman–Crippen MR) is 86.1 cm³/mol. The number of halogens is 1. The van der Waals surface area contributed by atoms with Gasteiger partial charge in [0.1, 0.15) is 0 Å². The van der Waals surface area contributed by atoms with Crippen LogP contribution >= 0.6 is 15.9 Å². The number of carbonyl (C=O) groups is 1. The molecule has 1 rings (SSSR count). The van der Waals surface area contributed by atoms with Crippen molar-refractivity contribution in [2.24, 2.45) is 0 Å². The number of amides is 1. The van der Waals surface area contributed by atoms with Gasteiger partial charge in [-0.2, -0.15) is 0 Å². The average molecular weight is 379 g/mol. The molecule has 1 aromatic carbocycles. The van der Waals surface area contributed by atoms with Crippen molar-refractivity contribution in [3.63, 3.8) is 0 Å². The fraction of sp³-hybridized carbons (Fsp3) is 0.462. The minimum absolute atomic E-state index is 0.124. The fourth-order valence-corrected chi connectivity index (χ4v) is 3.48. The highest BCUT2D eigenvalue weighted by atomic mass is 79.9. The molecule has 0 radical (unpaired) electrons. The SMILES string of the molecule is CCOC(=O)NCCN(c1ccc(C)cc1Br)S(C)(=O)=O. The van der Waals surface area contributed by atoms with E-state index < -0.39 is 16.1 Å². The zero-order valence-electron chi connectivity index (χ0n) is 12.2. The molecule has 0 bridgehead atoms. The van der Waals surface area contributed by atoms with Crippen molar-refractivity contribution in [1.82, 2.24) is 5.32 Å². The summed E-state index contributed by atoms with van der Waals surface area (Å²) in [5.74, 6) is 0. The highest BCUT2D eigenvalue weighted by Crippen LogP contribution is 2.28. The Kier molecular flexibility index (Phi) is 6.47. The van der Waals surface area contributed by atoms with Gasteiger partial charge in [-0.25, -0.2) is 13.2 Å². The molecule has 0 saturated carbocycles. The largest absolute Gasteiger partial charge is 0.450 e. The molecule has 1 aromatic rings. The third-order valence-electron chi connectivity index (χ3n) is 2.63. The van der Waals surface area contributed by atoms with Gasteiger partial charge in [0.25, 0.3) is 0 Å². The number of nitrogens with one attached hydrogen (secondary N) is 1. The lowest BCUT2D eigenvalue weighted by Gasteiger charge is -2.23. The van der Waals surface area contributed by atoms with Crippen LogP contribution < -0.4 is 9.62 Å². The first kappa shape index (κ1) is 17.8. The number of ether oxygens (including phenoxy) is 1. The van der Waals surface area contributed by atoms with Gasteiger partial charge >= 0.3 is 6.09 Å². The number of hydrogen-bond donors (Lipinski definition) is 1. The lowest BCUT2D eigenvalue weighted by Crippen LogP contribution is -2.38. The predicted octanol–water partition coefficient (Wildman–Crippen LogP) is 2.27. The molecule has 0 aliphatic rings. The molecule has 6 nitrogen and oxygen atoms in total. The summed E-state index contributed by atoms with van der Waals surface area (Å²) in [6.07, 6.45) is 0.567. The Morgan fingerprint density at radius 3 is 2.62 bits per heavy atom. The van der Waals surface area contributed by atoms with Gasteiger partial charge < -0.3 is 10.1 Å². The quantitative estimate of drug-likeness (QED) is 0.823. The highest BCUT2D eigenvalue weighted by molar-refractivity contribution is 9.10. The van der Waals surface area contributed by atoms with Crippen molar-refractivity contribution in [3.05, 3.63) is 28.2 Å². The molecular formula is C13H19BrN2O4S. The number of rotatable bonds is 6. The maximum Gasteiger partial charge on any atom is 0.407 e. The molecule has 1 N–H and O–H groups in total. The van der Waals surface area contributed by atoms with Crippen LogP contribution in [0, 0.1) is 6.92 Å². The monoisotopic (exact) mass is 378 g/mol. The summed E-state index contributed by atoms with van der Waals surface area (Å²) in [5.41, 5.74) is 1.55. The van der Waals surface area contributed by atoms with E-state index in [1.165, 1.54) is 4.31 Å². The minimum atomic E-state index is -3.45. The van der Waals surface area contributed by atoms with E-state index in [2.05, 4.69) is 21.2 Å². The van der Waals surface area contributed by atoms with Crippen molar-refractivity contribution in [1.29, 1.82) is 0 Å². The van der Waals surface area contributed by atoms with Gasteiger partial charge in [0.15, 0.2) is 0 Å². The first-order chi connectivity index (χ1) is 9.75. The number of anilines is 1. The highest BCUT2D eigenvalue weighted by Gasteiger charge is 2.19. The van der Waals surface area contributed by atoms with E-state index in [1.54, 1.807) is 13.0 Å². The zero-order chi connectivity index (χ0) is 16.0. The van der Waals surface area contributed by atoms with E-state index in [1.807, 2.05) is 19.1 Å². The summed E-state index contributed by atoms with van der Waals surface area (Å²) >= 11 is 3.37. The molecule has 0 unspecified atom stereocenters. The van der Waals surface area contributed by atoms with Crippen LogP contribution in [0.4, 0.5) is 10.5 Å². The van der Waals surface area contributed by atoms with E-state index in [9.17, 15) is 13.2 Å². The van der Waals surface area contributed by atoms with Gasteiger partial charge in [0, 0.05) is 11.0 Å². The lowest BCUT2D eigenvalue weighted by molar-refractivity contribution is 0.152. The van der Waals surface area contributed by atoms with Crippen molar-refractivity contribution in [2.45, 2.75) is 13.8 Å². The fourth-order valence-electron chi connectivity index (χ4n) is 1.72. The summed E-state index contributed by atoms with van der Waals surface area (Å²) in [5, 5.41) is 2.50. The van der Waals surface area contributed by atoms with E-state index in [0.717, 1.165) is 11.8 Å². The minimum Gasteiger partial charge on any atom is -0.450 e. The van der Waals surface area contributed by atoms with Gasteiger partial charge in [0.05, 0.1) is 25.1 Å². The first-order valence-electron chi connectivity index (χ1n) is 6.40. The number of sulfonamides is 1. The van der Waals surface area contributed by atoms with Crippen molar-refractivity contribution in [3.8, 4) is 0 Å². The summed E-state index contributed by atoms with van der Waals surface area (Å²) in [6, 6.07) is 5.40. The van der Waals surface area contributed by atoms with Gasteiger partial charge in [-0.1, -0.05) is 6.07 Å². The van der Waals surface area contributed by atoms with Gasteiger partial charge in [0.2, 0.25) is 10.0 Å². The van der Waals surface area contributed by atoms with Crippen LogP contribution in [0.25, 0.3) is 0 Å². The summed E-state index contributed by atoms with van der Waals surface area (Å²) in [7, 11) is -3.45. The molecule has 0 aliphatic carbocycles. The maximum absolute atomic E-state index is 11.9. The van der Waals surface area contributed by atoms with E-state index in [0.29, 0.717) is 10.2 Å². The molecule has 0 atom stereocenters. The second kappa shape index (κ2) is 7.65. The lowest BCUT2D eigenvalue weighted by atomic mass is 10.2. The number of nitrogens with zero attached hydrogens (tertiary/aromatic N) is 1. The van der Waals surface area contributed by atoms with Gasteiger partial charge in [-0.05, 0) is 47.5 Å². The van der Waals surface area contributed by atoms with Crippen LogP contribution in [0.3, 0.4) is 0 Å². The van der Waals surface area contributed by atoms with Crippen molar-refractivity contribution < 1.29 is 17.9 Å². The van der Waals surface area contributed by atoms with Crippen LogP contribution in [0.2, 0.25) is 0 Å². The van der Waals surface area contributed by atoms with E-state index in [-0.39, 0.29) is 19.7 Å². The molecule has 21 heavy (non-hydrogen) atoms. The van der Waals surface area contributed by atoms with E-state index in [4.69, 9.17) is 4.74 Å². The Morgan fingerprint density at radius 2 is 2.10 bits per heavy atom. The molecule has 0 aromatic heterocycles. The third kappa shape index (κ3) is 5.55. The molecular weight excluding hydrogens is 360 g/mol. The molecule has 8 heteroatoms. The molecule has 0 spiro atoms. The zero-order valence-corrected chi connectivity index (χ0v) is 14.6. The number of alkyl carbamates (subject to hydrolysis) is 1. The number of aryl methyl sites for hydroxylation is 1. The topological polar surface area (TPSA) is 75.7 Å². The Morgan fingerprint density at radius 1 is 1.43 bits per heavy atom. The van der Waals surface area contributed by atoms with Gasteiger partial charge in [-0.15, -0.1) is 0 Å². The van der Waals surface area contributed by atoms with Crippen molar-refractivity contribution in [2.75, 3.05) is 30.3 Å². The smallest absolute Gasteiger partial charge is 0.407 e. The molecule has 0 aliphatic heterocycles. The Hall–Kier alpha value is -1.28. The van der Waals surface area contributed by atoms with E-state index >= 15 is 0 Å². The standard InChI is InChI=1S/C13H19BrN2O4S/c1-4-20-13(17)15-7-8-16(21(3,18)19)12-6-5-10(2)9-11(12)14/h5-6,9H,4,7-8H2,1-3H3,(H,15,17). The molecule has 118 valence electrons. The number of hydrogen-bond acceptors (Lipinski definition) is 4. The van der Waals surface area contributed by atoms with Crippen LogP contribution in [-0.2, 0) is 14.8 Å². The van der Waals surface area contributed by atoms with Crippen LogP contribution in [0.1, 0.15) is 12.5 Å². The number of benzene rings is 1. The normalized spacial score (nSPS) is 11.0. The summed E-state index contributed by atoms with van der Waals surface area (Å²) in [6.45, 7) is 4.17. The van der Waals surface area contributed by atoms with Crippen LogP contribution in [0.5, 0.6) is 0 Å². The maximum atomic E-state index is 11.9. The van der Waals surface area contributed by atoms with Gasteiger partial charge in [-0.3, -0.25) is 4.31 Å². The first-order valence-corrected chi connectivity index (χ1v) is 9.04. The average Bonchev–Trinajstić information content (AvgIpc) is 2.35. The third-order valence-corrected chi connectivity index (χ3v) is 4.45. The number of carbonyl (C=O) groups excluding carboxylic acids is 1. The summed E-state index contributed by atoms with van der Waals surface area (Å²) < 4.78 is 30.5. The Balaban J connectivity index is 2.85. The summed E-state index contributed by atoms with van der Waals surface area (Å²) in [4.78, 5) is 11.2.